The summed E-state index contributed by atoms with van der Waals surface area (Å²) in [6.07, 6.45) is -3.03. The second-order valence-electron chi connectivity index (χ2n) is 4.98. The van der Waals surface area contributed by atoms with Crippen molar-refractivity contribution in [3.63, 3.8) is 0 Å². The summed E-state index contributed by atoms with van der Waals surface area (Å²) in [5.74, 6) is -2.76. The molecule has 1 saturated heterocycles. The summed E-state index contributed by atoms with van der Waals surface area (Å²) >= 11 is 0. The highest BCUT2D eigenvalue weighted by Crippen LogP contribution is 2.14. The number of likely N-dealkylation sites (tertiary alicyclic amines) is 1. The average Bonchev–Trinajstić information content (AvgIpc) is 2.66. The van der Waals surface area contributed by atoms with Crippen molar-refractivity contribution in [2.24, 2.45) is 0 Å². The Labute approximate surface area is 109 Å². The predicted molar refractivity (Wildman–Crippen MR) is 60.7 cm³/mol. The summed E-state index contributed by atoms with van der Waals surface area (Å²) in [5.41, 5.74) is -0.361. The molecule has 1 heterocycles. The molecule has 112 valence electrons. The van der Waals surface area contributed by atoms with Gasteiger partial charge in [-0.1, -0.05) is 0 Å². The lowest BCUT2D eigenvalue weighted by molar-refractivity contribution is -0.192. The maximum absolute atomic E-state index is 11.4. The van der Waals surface area contributed by atoms with Crippen LogP contribution < -0.4 is 0 Å². The molecular formula is C11H18F3NO4. The number of amides is 1. The molecule has 8 heteroatoms. The Bertz CT molecular complexity index is 317. The van der Waals surface area contributed by atoms with E-state index < -0.39 is 12.1 Å². The highest BCUT2D eigenvalue weighted by atomic mass is 19.4. The molecule has 0 spiro atoms. The maximum Gasteiger partial charge on any atom is 0.490 e. The molecule has 5 nitrogen and oxygen atoms in total. The largest absolute Gasteiger partial charge is 0.490 e. The normalized spacial score (nSPS) is 15.6. The van der Waals surface area contributed by atoms with Gasteiger partial charge in [-0.05, 0) is 33.6 Å². The first-order chi connectivity index (χ1) is 8.43. The zero-order chi connectivity index (χ0) is 15.3. The quantitative estimate of drug-likeness (QED) is 0.743. The van der Waals surface area contributed by atoms with E-state index in [-0.39, 0.29) is 11.7 Å². The summed E-state index contributed by atoms with van der Waals surface area (Å²) in [5, 5.41) is 7.12. The van der Waals surface area contributed by atoms with E-state index in [1.165, 1.54) is 0 Å². The van der Waals surface area contributed by atoms with Crippen molar-refractivity contribution in [3.8, 4) is 0 Å². The first-order valence-electron chi connectivity index (χ1n) is 5.71. The number of hydrogen-bond donors (Lipinski definition) is 1. The second-order valence-corrected chi connectivity index (χ2v) is 4.98. The second kappa shape index (κ2) is 6.63. The molecule has 0 bridgehead atoms. The van der Waals surface area contributed by atoms with Crippen LogP contribution in [0.3, 0.4) is 0 Å². The number of rotatable bonds is 0. The number of carboxylic acid groups (broad SMARTS) is 1. The van der Waals surface area contributed by atoms with E-state index in [0.29, 0.717) is 0 Å². The zero-order valence-electron chi connectivity index (χ0n) is 11.1. The average molecular weight is 285 g/mol. The Kier molecular flexibility index (Phi) is 6.11. The first kappa shape index (κ1) is 17.5. The molecule has 1 amide bonds. The van der Waals surface area contributed by atoms with Crippen molar-refractivity contribution in [3.05, 3.63) is 0 Å². The Morgan fingerprint density at radius 1 is 1.11 bits per heavy atom. The third-order valence-electron chi connectivity index (χ3n) is 2.00. The summed E-state index contributed by atoms with van der Waals surface area (Å²) in [6, 6.07) is 0. The SMILES string of the molecule is CC(C)(C)OC(=O)N1CCCC1.O=C(O)C(F)(F)F. The van der Waals surface area contributed by atoms with Crippen molar-refractivity contribution >= 4 is 12.1 Å². The first-order valence-corrected chi connectivity index (χ1v) is 5.71. The summed E-state index contributed by atoms with van der Waals surface area (Å²) in [7, 11) is 0. The Balaban J connectivity index is 0.000000399. The highest BCUT2D eigenvalue weighted by Gasteiger charge is 2.38. The lowest BCUT2D eigenvalue weighted by atomic mass is 10.2. The molecule has 0 unspecified atom stereocenters. The van der Waals surface area contributed by atoms with E-state index in [0.717, 1.165) is 25.9 Å². The van der Waals surface area contributed by atoms with Crippen LogP contribution in [0.15, 0.2) is 0 Å². The van der Waals surface area contributed by atoms with Crippen molar-refractivity contribution in [1.82, 2.24) is 4.90 Å². The van der Waals surface area contributed by atoms with Crippen LogP contribution in [0.5, 0.6) is 0 Å². The third-order valence-corrected chi connectivity index (χ3v) is 2.00. The van der Waals surface area contributed by atoms with Gasteiger partial charge in [0.25, 0.3) is 0 Å². The van der Waals surface area contributed by atoms with E-state index >= 15 is 0 Å². The summed E-state index contributed by atoms with van der Waals surface area (Å²) < 4.78 is 36.9. The number of carbonyl (C=O) groups is 2. The molecule has 1 fully saturated rings. The highest BCUT2D eigenvalue weighted by molar-refractivity contribution is 5.73. The van der Waals surface area contributed by atoms with E-state index in [1.807, 2.05) is 20.8 Å². The fourth-order valence-electron chi connectivity index (χ4n) is 1.23. The number of halogens is 3. The molecule has 0 aromatic rings. The molecule has 0 saturated carbocycles. The van der Waals surface area contributed by atoms with Gasteiger partial charge in [-0.2, -0.15) is 13.2 Å². The van der Waals surface area contributed by atoms with Gasteiger partial charge in [0.15, 0.2) is 0 Å². The standard InChI is InChI=1S/C9H17NO2.C2HF3O2/c1-9(2,3)12-8(11)10-6-4-5-7-10;3-2(4,5)1(6)7/h4-7H2,1-3H3;(H,6,7). The molecular weight excluding hydrogens is 267 g/mol. The van der Waals surface area contributed by atoms with Gasteiger partial charge >= 0.3 is 18.2 Å². The Hall–Kier alpha value is -1.47. The number of ether oxygens (including phenoxy) is 1. The fraction of sp³-hybridized carbons (Fsp3) is 0.818. The van der Waals surface area contributed by atoms with Gasteiger partial charge in [0.1, 0.15) is 5.60 Å². The number of hydrogen-bond acceptors (Lipinski definition) is 3. The topological polar surface area (TPSA) is 66.8 Å². The minimum Gasteiger partial charge on any atom is -0.475 e. The van der Waals surface area contributed by atoms with Gasteiger partial charge in [-0.25, -0.2) is 9.59 Å². The number of alkyl halides is 3. The van der Waals surface area contributed by atoms with Gasteiger partial charge in [0, 0.05) is 13.1 Å². The smallest absolute Gasteiger partial charge is 0.475 e. The number of carboxylic acids is 1. The molecule has 0 atom stereocenters. The van der Waals surface area contributed by atoms with E-state index in [9.17, 15) is 18.0 Å². The molecule has 1 N–H and O–H groups in total. The summed E-state index contributed by atoms with van der Waals surface area (Å²) in [4.78, 5) is 22.0. The van der Waals surface area contributed by atoms with Gasteiger partial charge in [-0.3, -0.25) is 0 Å². The summed E-state index contributed by atoms with van der Waals surface area (Å²) in [6.45, 7) is 7.38. The van der Waals surface area contributed by atoms with Crippen LogP contribution in [0.2, 0.25) is 0 Å². The number of carbonyl (C=O) groups excluding carboxylic acids is 1. The van der Waals surface area contributed by atoms with Gasteiger partial charge in [0.2, 0.25) is 0 Å². The van der Waals surface area contributed by atoms with Crippen LogP contribution in [0, 0.1) is 0 Å². The fourth-order valence-corrected chi connectivity index (χ4v) is 1.23. The van der Waals surface area contributed by atoms with Gasteiger partial charge < -0.3 is 14.7 Å². The molecule has 1 rings (SSSR count). The van der Waals surface area contributed by atoms with Crippen LogP contribution in [0.25, 0.3) is 0 Å². The molecule has 0 radical (unpaired) electrons. The predicted octanol–water partition coefficient (Wildman–Crippen LogP) is 2.65. The maximum atomic E-state index is 11.4. The van der Waals surface area contributed by atoms with Crippen LogP contribution >= 0.6 is 0 Å². The molecule has 0 aliphatic carbocycles. The van der Waals surface area contributed by atoms with Crippen LogP contribution in [0.1, 0.15) is 33.6 Å². The molecule has 0 aromatic heterocycles. The Morgan fingerprint density at radius 3 is 1.74 bits per heavy atom. The molecule has 1 aliphatic heterocycles. The van der Waals surface area contributed by atoms with Gasteiger partial charge in [0.05, 0.1) is 0 Å². The lowest BCUT2D eigenvalue weighted by Crippen LogP contribution is -2.34. The van der Waals surface area contributed by atoms with Crippen molar-refractivity contribution in [2.45, 2.75) is 45.4 Å². The minimum absolute atomic E-state index is 0.167. The van der Waals surface area contributed by atoms with Crippen LogP contribution in [-0.4, -0.2) is 46.9 Å². The van der Waals surface area contributed by atoms with Crippen LogP contribution in [0.4, 0.5) is 18.0 Å². The molecule has 1 aliphatic rings. The molecule has 0 aromatic carbocycles. The number of aliphatic carboxylic acids is 1. The van der Waals surface area contributed by atoms with E-state index in [4.69, 9.17) is 14.6 Å². The van der Waals surface area contributed by atoms with Crippen LogP contribution in [-0.2, 0) is 9.53 Å². The molecule has 19 heavy (non-hydrogen) atoms. The minimum atomic E-state index is -5.08. The van der Waals surface area contributed by atoms with Gasteiger partial charge in [-0.15, -0.1) is 0 Å². The van der Waals surface area contributed by atoms with E-state index in [2.05, 4.69) is 0 Å². The van der Waals surface area contributed by atoms with Crippen molar-refractivity contribution < 1.29 is 32.6 Å². The number of nitrogens with zero attached hydrogens (tertiary/aromatic N) is 1. The zero-order valence-corrected chi connectivity index (χ0v) is 11.1. The van der Waals surface area contributed by atoms with Crippen molar-refractivity contribution in [1.29, 1.82) is 0 Å². The monoisotopic (exact) mass is 285 g/mol. The van der Waals surface area contributed by atoms with E-state index in [1.54, 1.807) is 4.90 Å². The lowest BCUT2D eigenvalue weighted by Gasteiger charge is -2.23. The Morgan fingerprint density at radius 2 is 1.47 bits per heavy atom. The van der Waals surface area contributed by atoms with Crippen molar-refractivity contribution in [2.75, 3.05) is 13.1 Å². The third kappa shape index (κ3) is 8.28.